The first-order chi connectivity index (χ1) is 7.22. The first-order valence-corrected chi connectivity index (χ1v) is 4.66. The molecule has 78 valence electrons. The highest BCUT2D eigenvalue weighted by atomic mass is 19.1. The number of nitrogens with zero attached hydrogens (tertiary/aromatic N) is 3. The second-order valence-electron chi connectivity index (χ2n) is 3.44. The van der Waals surface area contributed by atoms with Gasteiger partial charge in [0.05, 0.1) is 6.54 Å². The van der Waals surface area contributed by atoms with Crippen molar-refractivity contribution in [2.75, 3.05) is 18.0 Å². The van der Waals surface area contributed by atoms with Crippen LogP contribution in [0.15, 0.2) is 12.3 Å². The molecule has 1 aromatic heterocycles. The summed E-state index contributed by atoms with van der Waals surface area (Å²) < 4.78 is 26.2. The number of rotatable bonds is 1. The van der Waals surface area contributed by atoms with Gasteiger partial charge in [-0.05, 0) is 12.5 Å². The Bertz CT molecular complexity index is 414. The van der Waals surface area contributed by atoms with Crippen molar-refractivity contribution in [3.05, 3.63) is 23.6 Å². The van der Waals surface area contributed by atoms with Gasteiger partial charge in [0.25, 0.3) is 0 Å². The molecular weight excluding hydrogens is 200 g/mol. The molecular formula is C10H9F2N3. The maximum absolute atomic E-state index is 13.2. The van der Waals surface area contributed by atoms with Gasteiger partial charge in [0.1, 0.15) is 29.4 Å². The summed E-state index contributed by atoms with van der Waals surface area (Å²) in [4.78, 5) is 5.53. The van der Waals surface area contributed by atoms with Crippen molar-refractivity contribution in [3.8, 4) is 6.07 Å². The minimum Gasteiger partial charge on any atom is -0.352 e. The van der Waals surface area contributed by atoms with E-state index >= 15 is 0 Å². The standard InChI is InChI=1S/C10H9F2N3/c11-7-2-4-15(6-7)10-8(5-13)9(12)1-3-14-10/h1,3,7H,2,4,6H2. The van der Waals surface area contributed by atoms with Crippen LogP contribution in [-0.2, 0) is 0 Å². The molecule has 1 aromatic rings. The number of alkyl halides is 1. The summed E-state index contributed by atoms with van der Waals surface area (Å²) in [7, 11) is 0. The number of hydrogen-bond acceptors (Lipinski definition) is 3. The van der Waals surface area contributed by atoms with Crippen LogP contribution in [0.25, 0.3) is 0 Å². The van der Waals surface area contributed by atoms with Crippen LogP contribution in [0, 0.1) is 17.1 Å². The van der Waals surface area contributed by atoms with E-state index < -0.39 is 12.0 Å². The van der Waals surface area contributed by atoms with E-state index in [1.807, 2.05) is 0 Å². The highest BCUT2D eigenvalue weighted by Crippen LogP contribution is 2.24. The summed E-state index contributed by atoms with van der Waals surface area (Å²) in [5, 5.41) is 8.78. The summed E-state index contributed by atoms with van der Waals surface area (Å²) in [5.74, 6) is -0.359. The van der Waals surface area contributed by atoms with Gasteiger partial charge in [0.2, 0.25) is 0 Å². The highest BCUT2D eigenvalue weighted by molar-refractivity contribution is 5.54. The Morgan fingerprint density at radius 2 is 2.40 bits per heavy atom. The lowest BCUT2D eigenvalue weighted by Gasteiger charge is -2.17. The summed E-state index contributed by atoms with van der Waals surface area (Å²) in [5.41, 5.74) is -0.105. The fourth-order valence-corrected chi connectivity index (χ4v) is 1.68. The zero-order valence-corrected chi connectivity index (χ0v) is 7.95. The molecule has 1 saturated heterocycles. The van der Waals surface area contributed by atoms with E-state index in [-0.39, 0.29) is 17.9 Å². The van der Waals surface area contributed by atoms with Crippen LogP contribution in [0.1, 0.15) is 12.0 Å². The average molecular weight is 209 g/mol. The van der Waals surface area contributed by atoms with Gasteiger partial charge in [-0.2, -0.15) is 5.26 Å². The number of pyridine rings is 1. The van der Waals surface area contributed by atoms with Gasteiger partial charge in [-0.1, -0.05) is 0 Å². The second-order valence-corrected chi connectivity index (χ2v) is 3.44. The molecule has 1 aliphatic rings. The van der Waals surface area contributed by atoms with Gasteiger partial charge in [-0.3, -0.25) is 0 Å². The first kappa shape index (κ1) is 9.84. The number of hydrogen-bond donors (Lipinski definition) is 0. The molecule has 1 fully saturated rings. The van der Waals surface area contributed by atoms with Crippen LogP contribution in [-0.4, -0.2) is 24.2 Å². The maximum Gasteiger partial charge on any atom is 0.149 e. The Morgan fingerprint density at radius 3 is 3.00 bits per heavy atom. The third-order valence-electron chi connectivity index (χ3n) is 2.42. The van der Waals surface area contributed by atoms with Crippen molar-refractivity contribution in [2.45, 2.75) is 12.6 Å². The van der Waals surface area contributed by atoms with Crippen molar-refractivity contribution in [1.29, 1.82) is 5.26 Å². The molecule has 0 bridgehead atoms. The van der Waals surface area contributed by atoms with Crippen LogP contribution < -0.4 is 4.90 Å². The molecule has 0 spiro atoms. The van der Waals surface area contributed by atoms with Crippen LogP contribution in [0.4, 0.5) is 14.6 Å². The number of nitriles is 1. The molecule has 0 N–H and O–H groups in total. The summed E-state index contributed by atoms with van der Waals surface area (Å²) in [6.45, 7) is 0.664. The molecule has 3 nitrogen and oxygen atoms in total. The van der Waals surface area contributed by atoms with Crippen molar-refractivity contribution < 1.29 is 8.78 Å². The molecule has 0 radical (unpaired) electrons. The van der Waals surface area contributed by atoms with Crippen LogP contribution in [0.5, 0.6) is 0 Å². The summed E-state index contributed by atoms with van der Waals surface area (Å²) >= 11 is 0. The average Bonchev–Trinajstić information content (AvgIpc) is 2.64. The van der Waals surface area contributed by atoms with Gasteiger partial charge in [0.15, 0.2) is 0 Å². The van der Waals surface area contributed by atoms with Crippen molar-refractivity contribution in [2.24, 2.45) is 0 Å². The lowest BCUT2D eigenvalue weighted by Crippen LogP contribution is -2.22. The van der Waals surface area contributed by atoms with Gasteiger partial charge < -0.3 is 4.90 Å². The zero-order valence-electron chi connectivity index (χ0n) is 7.95. The number of halogens is 2. The maximum atomic E-state index is 13.2. The molecule has 0 saturated carbocycles. The highest BCUT2D eigenvalue weighted by Gasteiger charge is 2.25. The SMILES string of the molecule is N#Cc1c(F)ccnc1N1CCC(F)C1. The lowest BCUT2D eigenvalue weighted by molar-refractivity contribution is 0.364. The Labute approximate surface area is 86.0 Å². The van der Waals surface area contributed by atoms with Crippen LogP contribution in [0.2, 0.25) is 0 Å². The molecule has 1 aliphatic heterocycles. The van der Waals surface area contributed by atoms with Gasteiger partial charge in [0, 0.05) is 12.7 Å². The molecule has 0 aromatic carbocycles. The fourth-order valence-electron chi connectivity index (χ4n) is 1.68. The summed E-state index contributed by atoms with van der Waals surface area (Å²) in [6.07, 6.45) is 0.779. The quantitative estimate of drug-likeness (QED) is 0.705. The van der Waals surface area contributed by atoms with E-state index in [1.165, 1.54) is 6.20 Å². The van der Waals surface area contributed by atoms with E-state index in [4.69, 9.17) is 5.26 Å². The Balaban J connectivity index is 2.36. The largest absolute Gasteiger partial charge is 0.352 e. The predicted octanol–water partition coefficient (Wildman–Crippen LogP) is 1.64. The molecule has 2 heterocycles. The molecule has 1 unspecified atom stereocenters. The minimum atomic E-state index is -0.915. The molecule has 2 rings (SSSR count). The molecule has 5 heteroatoms. The number of anilines is 1. The van der Waals surface area contributed by atoms with Crippen molar-refractivity contribution >= 4 is 5.82 Å². The lowest BCUT2D eigenvalue weighted by atomic mass is 10.2. The summed E-state index contributed by atoms with van der Waals surface area (Å²) in [6, 6.07) is 2.88. The van der Waals surface area contributed by atoms with Crippen molar-refractivity contribution in [3.63, 3.8) is 0 Å². The second kappa shape index (κ2) is 3.81. The zero-order chi connectivity index (χ0) is 10.8. The molecule has 1 atom stereocenters. The third-order valence-corrected chi connectivity index (χ3v) is 2.42. The van der Waals surface area contributed by atoms with Crippen LogP contribution in [0.3, 0.4) is 0 Å². The Morgan fingerprint density at radius 1 is 1.60 bits per heavy atom. The van der Waals surface area contributed by atoms with Gasteiger partial charge >= 0.3 is 0 Å². The fraction of sp³-hybridized carbons (Fsp3) is 0.400. The molecule has 15 heavy (non-hydrogen) atoms. The normalized spacial score (nSPS) is 20.3. The third kappa shape index (κ3) is 1.75. The number of aromatic nitrogens is 1. The smallest absolute Gasteiger partial charge is 0.149 e. The van der Waals surface area contributed by atoms with Gasteiger partial charge in [-0.15, -0.1) is 0 Å². The monoisotopic (exact) mass is 209 g/mol. The predicted molar refractivity (Wildman–Crippen MR) is 50.6 cm³/mol. The minimum absolute atomic E-state index is 0.105. The van der Waals surface area contributed by atoms with E-state index in [1.54, 1.807) is 11.0 Å². The van der Waals surface area contributed by atoms with Crippen molar-refractivity contribution in [1.82, 2.24) is 4.98 Å². The molecule has 0 aliphatic carbocycles. The van der Waals surface area contributed by atoms with E-state index in [0.717, 1.165) is 6.07 Å². The Hall–Kier alpha value is -1.70. The van der Waals surface area contributed by atoms with E-state index in [9.17, 15) is 8.78 Å². The van der Waals surface area contributed by atoms with E-state index in [2.05, 4.69) is 4.98 Å². The topological polar surface area (TPSA) is 39.9 Å². The first-order valence-electron chi connectivity index (χ1n) is 4.66. The Kier molecular flexibility index (Phi) is 2.50. The van der Waals surface area contributed by atoms with E-state index in [0.29, 0.717) is 13.0 Å². The molecule has 0 amide bonds. The van der Waals surface area contributed by atoms with Gasteiger partial charge in [-0.25, -0.2) is 13.8 Å². The van der Waals surface area contributed by atoms with Crippen LogP contribution >= 0.6 is 0 Å².